The number of rotatable bonds is 2. The van der Waals surface area contributed by atoms with E-state index in [1.807, 2.05) is 7.05 Å². The summed E-state index contributed by atoms with van der Waals surface area (Å²) < 4.78 is 0. The van der Waals surface area contributed by atoms with E-state index in [2.05, 4.69) is 11.9 Å². The van der Waals surface area contributed by atoms with Gasteiger partial charge in [-0.2, -0.15) is 0 Å². The first-order valence-electron chi connectivity index (χ1n) is 4.79. The fourth-order valence-electron chi connectivity index (χ4n) is 1.80. The van der Waals surface area contributed by atoms with Gasteiger partial charge in [-0.1, -0.05) is 0 Å². The fourth-order valence-corrected chi connectivity index (χ4v) is 1.80. The monoisotopic (exact) mass is 185 g/mol. The van der Waals surface area contributed by atoms with E-state index in [1.54, 1.807) is 4.90 Å². The molecule has 0 bridgehead atoms. The molecule has 0 radical (unpaired) electrons. The van der Waals surface area contributed by atoms with E-state index in [-0.39, 0.29) is 12.5 Å². The van der Waals surface area contributed by atoms with Crippen LogP contribution < -0.4 is 5.73 Å². The highest BCUT2D eigenvalue weighted by Crippen LogP contribution is 2.12. The minimum Gasteiger partial charge on any atom is -0.340 e. The zero-order valence-corrected chi connectivity index (χ0v) is 8.49. The lowest BCUT2D eigenvalue weighted by Gasteiger charge is -2.35. The number of nitrogens with zero attached hydrogens (tertiary/aromatic N) is 2. The number of piperidine rings is 1. The van der Waals surface area contributed by atoms with Crippen LogP contribution >= 0.6 is 0 Å². The summed E-state index contributed by atoms with van der Waals surface area (Å²) in [5, 5.41) is 0. The van der Waals surface area contributed by atoms with Crippen LogP contribution in [-0.2, 0) is 4.79 Å². The zero-order chi connectivity index (χ0) is 9.84. The molecular weight excluding hydrogens is 166 g/mol. The Morgan fingerprint density at radius 1 is 1.69 bits per heavy atom. The molecule has 0 aliphatic carbocycles. The molecule has 1 atom stereocenters. The number of hydrogen-bond acceptors (Lipinski definition) is 3. The van der Waals surface area contributed by atoms with Gasteiger partial charge in [-0.15, -0.1) is 0 Å². The molecule has 1 aliphatic heterocycles. The van der Waals surface area contributed by atoms with Crippen LogP contribution in [0.2, 0.25) is 0 Å². The molecule has 1 heterocycles. The van der Waals surface area contributed by atoms with Gasteiger partial charge in [0.15, 0.2) is 0 Å². The average Bonchev–Trinajstić information content (AvgIpc) is 2.15. The highest BCUT2D eigenvalue weighted by molar-refractivity contribution is 5.78. The van der Waals surface area contributed by atoms with E-state index in [0.29, 0.717) is 6.04 Å². The molecule has 1 saturated heterocycles. The average molecular weight is 185 g/mol. The van der Waals surface area contributed by atoms with Crippen LogP contribution in [-0.4, -0.2) is 55.5 Å². The molecular formula is C9H19N3O. The summed E-state index contributed by atoms with van der Waals surface area (Å²) in [7, 11) is 3.94. The zero-order valence-electron chi connectivity index (χ0n) is 8.49. The third-order valence-corrected chi connectivity index (χ3v) is 2.72. The number of hydrogen-bond donors (Lipinski definition) is 1. The molecule has 4 heteroatoms. The molecule has 1 aliphatic rings. The molecule has 13 heavy (non-hydrogen) atoms. The smallest absolute Gasteiger partial charge is 0.236 e. The molecule has 0 aromatic carbocycles. The number of likely N-dealkylation sites (N-methyl/N-ethyl adjacent to an activating group) is 2. The Morgan fingerprint density at radius 3 is 2.92 bits per heavy atom. The topological polar surface area (TPSA) is 49.6 Å². The first kappa shape index (κ1) is 10.5. The summed E-state index contributed by atoms with van der Waals surface area (Å²) >= 11 is 0. The lowest BCUT2D eigenvalue weighted by molar-refractivity contribution is -0.131. The fraction of sp³-hybridized carbons (Fsp3) is 0.889. The van der Waals surface area contributed by atoms with Gasteiger partial charge in [-0.05, 0) is 26.4 Å². The van der Waals surface area contributed by atoms with Crippen molar-refractivity contribution < 1.29 is 4.79 Å². The van der Waals surface area contributed by atoms with Crippen molar-refractivity contribution in [1.29, 1.82) is 0 Å². The Kier molecular flexibility index (Phi) is 3.69. The summed E-state index contributed by atoms with van der Waals surface area (Å²) in [4.78, 5) is 15.3. The van der Waals surface area contributed by atoms with Crippen molar-refractivity contribution in [3.05, 3.63) is 0 Å². The van der Waals surface area contributed by atoms with Crippen molar-refractivity contribution >= 4 is 5.91 Å². The molecule has 4 nitrogen and oxygen atoms in total. The molecule has 0 saturated carbocycles. The van der Waals surface area contributed by atoms with Gasteiger partial charge in [0, 0.05) is 19.6 Å². The molecule has 1 unspecified atom stereocenters. The maximum atomic E-state index is 11.3. The van der Waals surface area contributed by atoms with E-state index in [1.165, 1.54) is 6.42 Å². The van der Waals surface area contributed by atoms with Gasteiger partial charge in [0.2, 0.25) is 5.91 Å². The van der Waals surface area contributed by atoms with Gasteiger partial charge in [-0.3, -0.25) is 4.79 Å². The third-order valence-electron chi connectivity index (χ3n) is 2.72. The minimum atomic E-state index is 0.0419. The molecule has 0 spiro atoms. The van der Waals surface area contributed by atoms with E-state index in [9.17, 15) is 4.79 Å². The lowest BCUT2D eigenvalue weighted by atomic mass is 10.1. The first-order valence-corrected chi connectivity index (χ1v) is 4.79. The predicted octanol–water partition coefficient (Wildman–Crippen LogP) is -0.502. The second-order valence-electron chi connectivity index (χ2n) is 3.77. The van der Waals surface area contributed by atoms with Crippen LogP contribution in [0.25, 0.3) is 0 Å². The quantitative estimate of drug-likeness (QED) is 0.631. The largest absolute Gasteiger partial charge is 0.340 e. The Bertz CT molecular complexity index is 184. The molecule has 1 fully saturated rings. The van der Waals surface area contributed by atoms with E-state index < -0.39 is 0 Å². The number of carbonyl (C=O) groups excluding carboxylic acids is 1. The van der Waals surface area contributed by atoms with Crippen molar-refractivity contribution in [1.82, 2.24) is 9.80 Å². The molecule has 1 rings (SSSR count). The second kappa shape index (κ2) is 4.58. The van der Waals surface area contributed by atoms with Crippen LogP contribution in [0.1, 0.15) is 12.8 Å². The van der Waals surface area contributed by atoms with Crippen LogP contribution in [0.4, 0.5) is 0 Å². The molecule has 2 N–H and O–H groups in total. The number of likely N-dealkylation sites (tertiary alicyclic amines) is 1. The standard InChI is InChI=1S/C9H19N3O/c1-11-5-3-4-8(7-11)12(2)9(13)6-10/h8H,3-7,10H2,1-2H3. The highest BCUT2D eigenvalue weighted by atomic mass is 16.2. The van der Waals surface area contributed by atoms with Gasteiger partial charge < -0.3 is 15.5 Å². The maximum Gasteiger partial charge on any atom is 0.236 e. The molecule has 76 valence electrons. The van der Waals surface area contributed by atoms with Crippen LogP contribution in [0.3, 0.4) is 0 Å². The van der Waals surface area contributed by atoms with Gasteiger partial charge in [0.05, 0.1) is 6.54 Å². The molecule has 0 aromatic rings. The normalized spacial score (nSPS) is 24.4. The van der Waals surface area contributed by atoms with Crippen LogP contribution in [0, 0.1) is 0 Å². The Labute approximate surface area is 79.7 Å². The first-order chi connectivity index (χ1) is 6.15. The van der Waals surface area contributed by atoms with Gasteiger partial charge in [-0.25, -0.2) is 0 Å². The van der Waals surface area contributed by atoms with Crippen LogP contribution in [0.15, 0.2) is 0 Å². The van der Waals surface area contributed by atoms with Crippen LogP contribution in [0.5, 0.6) is 0 Å². The third kappa shape index (κ3) is 2.67. The van der Waals surface area contributed by atoms with E-state index in [4.69, 9.17) is 5.73 Å². The minimum absolute atomic E-state index is 0.0419. The molecule has 1 amide bonds. The summed E-state index contributed by atoms with van der Waals surface area (Å²) in [6.07, 6.45) is 2.27. The van der Waals surface area contributed by atoms with Gasteiger partial charge in [0.25, 0.3) is 0 Å². The van der Waals surface area contributed by atoms with Crippen molar-refractivity contribution in [2.45, 2.75) is 18.9 Å². The highest BCUT2D eigenvalue weighted by Gasteiger charge is 2.23. The van der Waals surface area contributed by atoms with Gasteiger partial charge in [0.1, 0.15) is 0 Å². The number of nitrogens with two attached hydrogens (primary N) is 1. The van der Waals surface area contributed by atoms with Gasteiger partial charge >= 0.3 is 0 Å². The SMILES string of the molecule is CN1CCCC(N(C)C(=O)CN)C1. The summed E-state index contributed by atoms with van der Waals surface area (Å²) in [5.74, 6) is 0.0419. The van der Waals surface area contributed by atoms with Crippen molar-refractivity contribution in [3.8, 4) is 0 Å². The predicted molar refractivity (Wildman–Crippen MR) is 52.3 cm³/mol. The Morgan fingerprint density at radius 2 is 2.38 bits per heavy atom. The molecule has 0 aromatic heterocycles. The number of carbonyl (C=O) groups is 1. The summed E-state index contributed by atoms with van der Waals surface area (Å²) in [5.41, 5.74) is 5.31. The second-order valence-corrected chi connectivity index (χ2v) is 3.77. The lowest BCUT2D eigenvalue weighted by Crippen LogP contribution is -2.48. The summed E-state index contributed by atoms with van der Waals surface area (Å²) in [6, 6.07) is 0.356. The van der Waals surface area contributed by atoms with Crippen molar-refractivity contribution in [3.63, 3.8) is 0 Å². The van der Waals surface area contributed by atoms with Crippen molar-refractivity contribution in [2.24, 2.45) is 5.73 Å². The Hall–Kier alpha value is -0.610. The maximum absolute atomic E-state index is 11.3. The van der Waals surface area contributed by atoms with E-state index >= 15 is 0 Å². The Balaban J connectivity index is 2.45. The summed E-state index contributed by atoms with van der Waals surface area (Å²) in [6.45, 7) is 2.24. The van der Waals surface area contributed by atoms with Crippen molar-refractivity contribution in [2.75, 3.05) is 33.7 Å². The number of amides is 1. The van der Waals surface area contributed by atoms with E-state index in [0.717, 1.165) is 19.5 Å².